The summed E-state index contributed by atoms with van der Waals surface area (Å²) in [5.41, 5.74) is 0.489. The van der Waals surface area contributed by atoms with E-state index >= 15 is 0 Å². The molecule has 1 saturated heterocycles. The molecule has 1 aromatic carbocycles. The average molecular weight is 294 g/mol. The van der Waals surface area contributed by atoms with Crippen molar-refractivity contribution >= 4 is 33.4 Å². The van der Waals surface area contributed by atoms with Crippen LogP contribution in [0.1, 0.15) is 0 Å². The number of hydrogen-bond donors (Lipinski definition) is 0. The van der Waals surface area contributed by atoms with Crippen molar-refractivity contribution < 1.29 is 8.78 Å². The number of nitrogens with zero attached hydrogens (tertiary/aromatic N) is 1. The predicted octanol–water partition coefficient (Wildman–Crippen LogP) is 3.28. The lowest BCUT2D eigenvalue weighted by Gasteiger charge is -2.28. The molecule has 82 valence electrons. The van der Waals surface area contributed by atoms with Gasteiger partial charge >= 0.3 is 0 Å². The third kappa shape index (κ3) is 2.45. The van der Waals surface area contributed by atoms with E-state index < -0.39 is 11.6 Å². The van der Waals surface area contributed by atoms with Gasteiger partial charge in [0.2, 0.25) is 0 Å². The van der Waals surface area contributed by atoms with Gasteiger partial charge in [-0.25, -0.2) is 8.78 Å². The van der Waals surface area contributed by atoms with Gasteiger partial charge in [-0.2, -0.15) is 11.8 Å². The monoisotopic (exact) mass is 293 g/mol. The second kappa shape index (κ2) is 4.70. The molecule has 0 aliphatic carbocycles. The fourth-order valence-corrected chi connectivity index (χ4v) is 2.79. The predicted molar refractivity (Wildman–Crippen MR) is 63.6 cm³/mol. The molecule has 0 bridgehead atoms. The highest BCUT2D eigenvalue weighted by molar-refractivity contribution is 9.10. The van der Waals surface area contributed by atoms with Gasteiger partial charge in [-0.05, 0) is 22.0 Å². The van der Waals surface area contributed by atoms with Gasteiger partial charge in [0.1, 0.15) is 11.6 Å². The molecule has 2 rings (SSSR count). The van der Waals surface area contributed by atoms with Gasteiger partial charge < -0.3 is 4.90 Å². The lowest BCUT2D eigenvalue weighted by molar-refractivity contribution is 0.575. The molecule has 1 heterocycles. The van der Waals surface area contributed by atoms with Crippen LogP contribution in [0.5, 0.6) is 0 Å². The fraction of sp³-hybridized carbons (Fsp3) is 0.400. The zero-order valence-corrected chi connectivity index (χ0v) is 10.4. The molecule has 0 atom stereocenters. The number of thioether (sulfide) groups is 1. The molecular formula is C10H10BrF2NS. The summed E-state index contributed by atoms with van der Waals surface area (Å²) in [4.78, 5) is 1.95. The summed E-state index contributed by atoms with van der Waals surface area (Å²) in [6.45, 7) is 1.64. The van der Waals surface area contributed by atoms with Crippen molar-refractivity contribution in [3.05, 3.63) is 28.2 Å². The lowest BCUT2D eigenvalue weighted by Crippen LogP contribution is -2.33. The maximum absolute atomic E-state index is 13.5. The maximum Gasteiger partial charge on any atom is 0.149 e. The Bertz CT molecular complexity index is 367. The van der Waals surface area contributed by atoms with E-state index in [1.54, 1.807) is 0 Å². The van der Waals surface area contributed by atoms with E-state index in [-0.39, 0.29) is 0 Å². The van der Waals surface area contributed by atoms with Crippen LogP contribution in [-0.4, -0.2) is 24.6 Å². The third-order valence-electron chi connectivity index (χ3n) is 2.34. The molecule has 5 heteroatoms. The molecule has 0 N–H and O–H groups in total. The van der Waals surface area contributed by atoms with E-state index in [4.69, 9.17) is 0 Å². The second-order valence-corrected chi connectivity index (χ2v) is 5.40. The van der Waals surface area contributed by atoms with Crippen LogP contribution in [0.15, 0.2) is 16.6 Å². The van der Waals surface area contributed by atoms with Gasteiger partial charge in [0.05, 0.1) is 10.2 Å². The van der Waals surface area contributed by atoms with Gasteiger partial charge in [-0.3, -0.25) is 0 Å². The number of hydrogen-bond acceptors (Lipinski definition) is 2. The van der Waals surface area contributed by atoms with Gasteiger partial charge in [0.15, 0.2) is 0 Å². The van der Waals surface area contributed by atoms with Crippen molar-refractivity contribution in [1.29, 1.82) is 0 Å². The molecule has 1 nitrogen and oxygen atoms in total. The summed E-state index contributed by atoms with van der Waals surface area (Å²) in [5, 5.41) is 0. The van der Waals surface area contributed by atoms with Crippen LogP contribution in [0.4, 0.5) is 14.5 Å². The normalized spacial score (nSPS) is 16.9. The highest BCUT2D eigenvalue weighted by Gasteiger charge is 2.16. The van der Waals surface area contributed by atoms with E-state index in [1.165, 1.54) is 6.07 Å². The maximum atomic E-state index is 13.5. The Balaban J connectivity index is 2.30. The highest BCUT2D eigenvalue weighted by atomic mass is 79.9. The number of anilines is 1. The van der Waals surface area contributed by atoms with E-state index in [1.807, 2.05) is 16.7 Å². The standard InChI is InChI=1S/C10H10BrF2NS/c11-7-5-10(9(13)6-8(7)12)14-1-3-15-4-2-14/h5-6H,1-4H2. The molecule has 0 saturated carbocycles. The Hall–Kier alpha value is -0.290. The summed E-state index contributed by atoms with van der Waals surface area (Å²) in [6.07, 6.45) is 0. The molecule has 0 spiro atoms. The van der Waals surface area contributed by atoms with Crippen LogP contribution in [-0.2, 0) is 0 Å². The Morgan fingerprint density at radius 3 is 2.47 bits per heavy atom. The Labute approximate surface area is 100.0 Å². The quantitative estimate of drug-likeness (QED) is 0.731. The first-order valence-corrected chi connectivity index (χ1v) is 6.60. The SMILES string of the molecule is Fc1cc(F)c(N2CCSCC2)cc1Br. The smallest absolute Gasteiger partial charge is 0.149 e. The van der Waals surface area contributed by atoms with E-state index in [9.17, 15) is 8.78 Å². The van der Waals surface area contributed by atoms with Gasteiger partial charge in [-0.1, -0.05) is 0 Å². The Morgan fingerprint density at radius 1 is 1.13 bits per heavy atom. The zero-order valence-electron chi connectivity index (χ0n) is 7.97. The summed E-state index contributed by atoms with van der Waals surface area (Å²) >= 11 is 4.93. The number of rotatable bonds is 1. The minimum Gasteiger partial charge on any atom is -0.367 e. The first-order valence-electron chi connectivity index (χ1n) is 4.66. The molecule has 1 fully saturated rings. The number of halogens is 3. The summed E-state index contributed by atoms with van der Waals surface area (Å²) < 4.78 is 26.8. The Morgan fingerprint density at radius 2 is 1.80 bits per heavy atom. The summed E-state index contributed by atoms with van der Waals surface area (Å²) in [7, 11) is 0. The first kappa shape index (κ1) is 11.2. The minimum atomic E-state index is -0.553. The van der Waals surface area contributed by atoms with E-state index in [0.717, 1.165) is 30.7 Å². The van der Waals surface area contributed by atoms with Crippen molar-refractivity contribution in [2.75, 3.05) is 29.5 Å². The lowest BCUT2D eigenvalue weighted by atomic mass is 10.2. The molecule has 0 unspecified atom stereocenters. The fourth-order valence-electron chi connectivity index (χ4n) is 1.56. The molecule has 15 heavy (non-hydrogen) atoms. The summed E-state index contributed by atoms with van der Waals surface area (Å²) in [6, 6.07) is 2.45. The Kier molecular flexibility index (Phi) is 3.51. The molecule has 1 aliphatic rings. The number of benzene rings is 1. The van der Waals surface area contributed by atoms with Crippen molar-refractivity contribution in [2.45, 2.75) is 0 Å². The van der Waals surface area contributed by atoms with Gasteiger partial charge in [0.25, 0.3) is 0 Å². The molecule has 0 aromatic heterocycles. The average Bonchev–Trinajstić information content (AvgIpc) is 2.25. The van der Waals surface area contributed by atoms with Crippen molar-refractivity contribution in [2.24, 2.45) is 0 Å². The van der Waals surface area contributed by atoms with Crippen LogP contribution in [0.25, 0.3) is 0 Å². The van der Waals surface area contributed by atoms with Gasteiger partial charge in [0, 0.05) is 30.7 Å². The van der Waals surface area contributed by atoms with E-state index in [0.29, 0.717) is 10.2 Å². The van der Waals surface area contributed by atoms with Crippen LogP contribution in [0, 0.1) is 11.6 Å². The van der Waals surface area contributed by atoms with Crippen molar-refractivity contribution in [3.8, 4) is 0 Å². The molecular weight excluding hydrogens is 284 g/mol. The topological polar surface area (TPSA) is 3.24 Å². The largest absolute Gasteiger partial charge is 0.367 e. The first-order chi connectivity index (χ1) is 7.18. The second-order valence-electron chi connectivity index (χ2n) is 3.32. The van der Waals surface area contributed by atoms with Crippen molar-refractivity contribution in [3.63, 3.8) is 0 Å². The molecule has 0 amide bonds. The third-order valence-corrected chi connectivity index (χ3v) is 3.89. The molecule has 0 radical (unpaired) electrons. The van der Waals surface area contributed by atoms with Crippen LogP contribution < -0.4 is 4.90 Å². The zero-order chi connectivity index (χ0) is 10.8. The van der Waals surface area contributed by atoms with Crippen molar-refractivity contribution in [1.82, 2.24) is 0 Å². The summed E-state index contributed by atoms with van der Waals surface area (Å²) in [5.74, 6) is 0.952. The molecule has 1 aliphatic heterocycles. The minimum absolute atomic E-state index is 0.317. The molecule has 1 aromatic rings. The highest BCUT2D eigenvalue weighted by Crippen LogP contribution is 2.28. The van der Waals surface area contributed by atoms with E-state index in [2.05, 4.69) is 15.9 Å². The van der Waals surface area contributed by atoms with Crippen LogP contribution >= 0.6 is 27.7 Å². The van der Waals surface area contributed by atoms with Crippen LogP contribution in [0.3, 0.4) is 0 Å². The van der Waals surface area contributed by atoms with Gasteiger partial charge in [-0.15, -0.1) is 0 Å². The van der Waals surface area contributed by atoms with Crippen LogP contribution in [0.2, 0.25) is 0 Å².